The summed E-state index contributed by atoms with van der Waals surface area (Å²) in [6.45, 7) is -1.15. The molecule has 0 heterocycles. The lowest BCUT2D eigenvalue weighted by Gasteiger charge is -2.11. The van der Waals surface area contributed by atoms with Gasteiger partial charge in [0.05, 0.1) is 17.3 Å². The standard InChI is InChI=1S/C12H12F2N2O/c1-2-8(7-15)11(16)9-5-3-4-6-10(9)17-12(13)14/h3-6,12H,2,16H2,1H3/b11-8-. The lowest BCUT2D eigenvalue weighted by molar-refractivity contribution is -0.0500. The summed E-state index contributed by atoms with van der Waals surface area (Å²) in [5.74, 6) is -0.0267. The van der Waals surface area contributed by atoms with Gasteiger partial charge < -0.3 is 10.5 Å². The van der Waals surface area contributed by atoms with Crippen LogP contribution in [0.1, 0.15) is 18.9 Å². The Morgan fingerprint density at radius 2 is 2.12 bits per heavy atom. The summed E-state index contributed by atoms with van der Waals surface area (Å²) in [7, 11) is 0. The summed E-state index contributed by atoms with van der Waals surface area (Å²) in [5.41, 5.74) is 6.60. The number of nitriles is 1. The van der Waals surface area contributed by atoms with Crippen molar-refractivity contribution in [3.63, 3.8) is 0 Å². The van der Waals surface area contributed by atoms with Gasteiger partial charge in [-0.3, -0.25) is 0 Å². The molecule has 0 bridgehead atoms. The lowest BCUT2D eigenvalue weighted by Crippen LogP contribution is -2.07. The predicted molar refractivity (Wildman–Crippen MR) is 60.1 cm³/mol. The SMILES string of the molecule is CC/C(C#N)=C(/N)c1ccccc1OC(F)F. The quantitative estimate of drug-likeness (QED) is 0.820. The zero-order valence-electron chi connectivity index (χ0n) is 9.28. The van der Waals surface area contributed by atoms with Gasteiger partial charge in [-0.15, -0.1) is 0 Å². The van der Waals surface area contributed by atoms with Crippen LogP contribution >= 0.6 is 0 Å². The van der Waals surface area contributed by atoms with E-state index in [1.165, 1.54) is 6.07 Å². The molecule has 1 aromatic rings. The molecule has 0 saturated carbocycles. The van der Waals surface area contributed by atoms with Crippen LogP contribution < -0.4 is 10.5 Å². The maximum atomic E-state index is 12.2. The molecule has 1 rings (SSSR count). The highest BCUT2D eigenvalue weighted by Gasteiger charge is 2.13. The Balaban J connectivity index is 3.22. The Hall–Kier alpha value is -2.09. The minimum atomic E-state index is -2.92. The summed E-state index contributed by atoms with van der Waals surface area (Å²) in [5, 5.41) is 8.85. The number of para-hydroxylation sites is 1. The molecule has 0 aromatic heterocycles. The molecular weight excluding hydrogens is 226 g/mol. The number of rotatable bonds is 4. The van der Waals surface area contributed by atoms with Gasteiger partial charge in [0.15, 0.2) is 0 Å². The van der Waals surface area contributed by atoms with Crippen LogP contribution in [0.2, 0.25) is 0 Å². The second kappa shape index (κ2) is 5.85. The number of ether oxygens (including phenoxy) is 1. The van der Waals surface area contributed by atoms with Gasteiger partial charge in [0.2, 0.25) is 0 Å². The molecular formula is C12H12F2N2O. The van der Waals surface area contributed by atoms with E-state index in [1.54, 1.807) is 25.1 Å². The Bertz CT molecular complexity index is 464. The minimum Gasteiger partial charge on any atom is -0.434 e. The summed E-state index contributed by atoms with van der Waals surface area (Å²) in [6, 6.07) is 8.08. The topological polar surface area (TPSA) is 59.0 Å². The van der Waals surface area contributed by atoms with Crippen LogP contribution in [0.3, 0.4) is 0 Å². The number of nitrogens with zero attached hydrogens (tertiary/aromatic N) is 1. The summed E-state index contributed by atoms with van der Waals surface area (Å²) >= 11 is 0. The fourth-order valence-electron chi connectivity index (χ4n) is 1.38. The van der Waals surface area contributed by atoms with Gasteiger partial charge in [-0.2, -0.15) is 14.0 Å². The highest BCUT2D eigenvalue weighted by molar-refractivity contribution is 5.73. The van der Waals surface area contributed by atoms with Crippen LogP contribution in [-0.2, 0) is 0 Å². The first kappa shape index (κ1) is 13.0. The Morgan fingerprint density at radius 1 is 1.47 bits per heavy atom. The maximum Gasteiger partial charge on any atom is 0.387 e. The highest BCUT2D eigenvalue weighted by atomic mass is 19.3. The first-order valence-corrected chi connectivity index (χ1v) is 5.03. The van der Waals surface area contributed by atoms with Gasteiger partial charge in [-0.25, -0.2) is 0 Å². The van der Waals surface area contributed by atoms with Gasteiger partial charge in [-0.1, -0.05) is 19.1 Å². The number of benzene rings is 1. The molecule has 0 aliphatic heterocycles. The first-order valence-electron chi connectivity index (χ1n) is 5.03. The van der Waals surface area contributed by atoms with E-state index in [9.17, 15) is 8.78 Å². The molecule has 0 radical (unpaired) electrons. The number of halogens is 2. The van der Waals surface area contributed by atoms with Crippen molar-refractivity contribution >= 4 is 5.70 Å². The van der Waals surface area contributed by atoms with Crippen LogP contribution in [-0.4, -0.2) is 6.61 Å². The van der Waals surface area contributed by atoms with E-state index in [4.69, 9.17) is 11.0 Å². The molecule has 0 amide bonds. The Kier molecular flexibility index (Phi) is 4.46. The number of nitrogens with two attached hydrogens (primary N) is 1. The summed E-state index contributed by atoms with van der Waals surface area (Å²) < 4.78 is 28.7. The minimum absolute atomic E-state index is 0.0267. The molecule has 0 atom stereocenters. The number of allylic oxidation sites excluding steroid dienone is 1. The van der Waals surface area contributed by atoms with Crippen molar-refractivity contribution in [1.29, 1.82) is 5.26 Å². The maximum absolute atomic E-state index is 12.2. The van der Waals surface area contributed by atoms with Crippen LogP contribution in [0, 0.1) is 11.3 Å². The van der Waals surface area contributed by atoms with Crippen LogP contribution in [0.15, 0.2) is 29.8 Å². The number of alkyl halides is 2. The third-order valence-electron chi connectivity index (χ3n) is 2.21. The van der Waals surface area contributed by atoms with Crippen LogP contribution in [0.25, 0.3) is 5.70 Å². The van der Waals surface area contributed by atoms with Gasteiger partial charge in [0.25, 0.3) is 0 Å². The number of hydrogen-bond acceptors (Lipinski definition) is 3. The van der Waals surface area contributed by atoms with Crippen molar-refractivity contribution in [1.82, 2.24) is 0 Å². The van der Waals surface area contributed by atoms with Gasteiger partial charge >= 0.3 is 6.61 Å². The molecule has 3 nitrogen and oxygen atoms in total. The van der Waals surface area contributed by atoms with Crippen LogP contribution in [0.5, 0.6) is 5.75 Å². The smallest absolute Gasteiger partial charge is 0.387 e. The molecule has 0 aliphatic carbocycles. The fraction of sp³-hybridized carbons (Fsp3) is 0.250. The van der Waals surface area contributed by atoms with Gasteiger partial charge in [0.1, 0.15) is 5.75 Å². The molecule has 17 heavy (non-hydrogen) atoms. The second-order valence-corrected chi connectivity index (χ2v) is 3.23. The third-order valence-corrected chi connectivity index (χ3v) is 2.21. The Morgan fingerprint density at radius 3 is 2.65 bits per heavy atom. The van der Waals surface area contributed by atoms with Crippen molar-refractivity contribution in [2.24, 2.45) is 5.73 Å². The normalized spacial score (nSPS) is 11.9. The molecule has 0 aliphatic rings. The van der Waals surface area contributed by atoms with Crippen LogP contribution in [0.4, 0.5) is 8.78 Å². The van der Waals surface area contributed by atoms with E-state index in [0.29, 0.717) is 17.6 Å². The molecule has 0 saturated heterocycles. The van der Waals surface area contributed by atoms with Crippen molar-refractivity contribution < 1.29 is 13.5 Å². The van der Waals surface area contributed by atoms with E-state index in [0.717, 1.165) is 0 Å². The summed E-state index contributed by atoms with van der Waals surface area (Å²) in [4.78, 5) is 0. The molecule has 0 unspecified atom stereocenters. The van der Waals surface area contributed by atoms with E-state index >= 15 is 0 Å². The average Bonchev–Trinajstić information content (AvgIpc) is 2.30. The van der Waals surface area contributed by atoms with E-state index < -0.39 is 6.61 Å². The van der Waals surface area contributed by atoms with E-state index in [2.05, 4.69) is 4.74 Å². The van der Waals surface area contributed by atoms with Crippen molar-refractivity contribution in [2.75, 3.05) is 0 Å². The molecule has 5 heteroatoms. The Labute approximate surface area is 98.1 Å². The summed E-state index contributed by atoms with van der Waals surface area (Å²) in [6.07, 6.45) is 0.436. The molecule has 1 aromatic carbocycles. The van der Waals surface area contributed by atoms with Gasteiger partial charge in [0, 0.05) is 5.56 Å². The van der Waals surface area contributed by atoms with E-state index in [1.807, 2.05) is 6.07 Å². The molecule has 2 N–H and O–H groups in total. The zero-order valence-corrected chi connectivity index (χ0v) is 9.28. The highest BCUT2D eigenvalue weighted by Crippen LogP contribution is 2.26. The van der Waals surface area contributed by atoms with Crippen molar-refractivity contribution in [3.05, 3.63) is 35.4 Å². The molecule has 90 valence electrons. The number of hydrogen-bond donors (Lipinski definition) is 1. The zero-order chi connectivity index (χ0) is 12.8. The predicted octanol–water partition coefficient (Wildman–Crippen LogP) is 2.89. The van der Waals surface area contributed by atoms with E-state index in [-0.39, 0.29) is 11.4 Å². The van der Waals surface area contributed by atoms with Crippen molar-refractivity contribution in [3.8, 4) is 11.8 Å². The monoisotopic (exact) mass is 238 g/mol. The van der Waals surface area contributed by atoms with Gasteiger partial charge in [-0.05, 0) is 18.6 Å². The fourth-order valence-corrected chi connectivity index (χ4v) is 1.38. The average molecular weight is 238 g/mol. The third kappa shape index (κ3) is 3.18. The largest absolute Gasteiger partial charge is 0.434 e. The molecule has 0 fully saturated rings. The van der Waals surface area contributed by atoms with Crippen molar-refractivity contribution in [2.45, 2.75) is 20.0 Å². The lowest BCUT2D eigenvalue weighted by atomic mass is 10.1. The first-order chi connectivity index (χ1) is 8.10. The second-order valence-electron chi connectivity index (χ2n) is 3.23. The molecule has 0 spiro atoms.